The lowest BCUT2D eigenvalue weighted by Gasteiger charge is -2.29. The van der Waals surface area contributed by atoms with E-state index in [0.717, 1.165) is 12.1 Å². The van der Waals surface area contributed by atoms with E-state index in [1.165, 1.54) is 0 Å². The van der Waals surface area contributed by atoms with Gasteiger partial charge in [-0.25, -0.2) is 0 Å². The molecule has 0 saturated carbocycles. The van der Waals surface area contributed by atoms with Gasteiger partial charge in [-0.15, -0.1) is 0 Å². The van der Waals surface area contributed by atoms with Crippen LogP contribution >= 0.6 is 45.2 Å². The van der Waals surface area contributed by atoms with Crippen LogP contribution in [0.5, 0.6) is 0 Å². The molecule has 0 saturated heterocycles. The van der Waals surface area contributed by atoms with Gasteiger partial charge in [-0.2, -0.15) is 35.1 Å². The highest BCUT2D eigenvalue weighted by molar-refractivity contribution is 14.1. The first-order valence-corrected chi connectivity index (χ1v) is 6.87. The maximum atomic E-state index is 13.5. The summed E-state index contributed by atoms with van der Waals surface area (Å²) in [5, 5.41) is 0. The summed E-state index contributed by atoms with van der Waals surface area (Å²) in [6.45, 7) is 0. The molecule has 20 heavy (non-hydrogen) atoms. The van der Waals surface area contributed by atoms with Gasteiger partial charge in [-0.05, 0) is 0 Å². The Balaban J connectivity index is 3.55. The fourth-order valence-electron chi connectivity index (χ4n) is 1.34. The number of rotatable bonds is 4. The summed E-state index contributed by atoms with van der Waals surface area (Å²) in [6.07, 6.45) is 0. The first-order valence-electron chi connectivity index (χ1n) is 4.72. The molecule has 0 atom stereocenters. The van der Waals surface area contributed by atoms with Gasteiger partial charge in [0.2, 0.25) is 0 Å². The zero-order chi connectivity index (χ0) is 16.0. The van der Waals surface area contributed by atoms with Gasteiger partial charge in [0.05, 0.1) is 0 Å². The standard InChI is InChI=1S/C10H4F8I2/c11-7(12,9(15,16)19)5-3-1-2-4-6(5)8(13,14)10(17,18)20/h1-4H. The van der Waals surface area contributed by atoms with Gasteiger partial charge in [-0.1, -0.05) is 24.3 Å². The Kier molecular flexibility index (Phi) is 4.90. The molecule has 0 aliphatic carbocycles. The summed E-state index contributed by atoms with van der Waals surface area (Å²) in [5.41, 5.74) is -3.67. The van der Waals surface area contributed by atoms with Gasteiger partial charge in [0.1, 0.15) is 0 Å². The Morgan fingerprint density at radius 1 is 0.600 bits per heavy atom. The Morgan fingerprint density at radius 3 is 1.05 bits per heavy atom. The van der Waals surface area contributed by atoms with E-state index in [1.54, 1.807) is 0 Å². The van der Waals surface area contributed by atoms with Crippen molar-refractivity contribution >= 4 is 45.2 Å². The monoisotopic (exact) mass is 530 g/mol. The van der Waals surface area contributed by atoms with Crippen molar-refractivity contribution in [2.24, 2.45) is 0 Å². The number of alkyl halides is 10. The number of hydrogen-bond acceptors (Lipinski definition) is 0. The van der Waals surface area contributed by atoms with E-state index >= 15 is 0 Å². The van der Waals surface area contributed by atoms with Crippen molar-refractivity contribution in [3.63, 3.8) is 0 Å². The van der Waals surface area contributed by atoms with Crippen LogP contribution in [0.15, 0.2) is 24.3 Å². The van der Waals surface area contributed by atoms with E-state index in [-0.39, 0.29) is 57.3 Å². The van der Waals surface area contributed by atoms with Crippen LogP contribution < -0.4 is 0 Å². The molecule has 1 aromatic carbocycles. The van der Waals surface area contributed by atoms with Crippen molar-refractivity contribution < 1.29 is 35.1 Å². The molecule has 0 aromatic heterocycles. The average molecular weight is 530 g/mol. The lowest BCUT2D eigenvalue weighted by Crippen LogP contribution is -2.38. The summed E-state index contributed by atoms with van der Waals surface area (Å²) >= 11 is 0.142. The molecule has 0 bridgehead atoms. The van der Waals surface area contributed by atoms with Gasteiger partial charge >= 0.3 is 19.7 Å². The lowest BCUT2D eigenvalue weighted by atomic mass is 9.97. The van der Waals surface area contributed by atoms with Crippen LogP contribution in [0, 0.1) is 0 Å². The number of halogens is 10. The number of benzene rings is 1. The van der Waals surface area contributed by atoms with Crippen molar-refractivity contribution in [1.29, 1.82) is 0 Å². The highest BCUT2D eigenvalue weighted by Crippen LogP contribution is 2.54. The SMILES string of the molecule is FC(F)(I)C(F)(F)c1ccccc1C(F)(F)C(F)(F)I. The normalized spacial score (nSPS) is 14.5. The summed E-state index contributed by atoms with van der Waals surface area (Å²) < 4.78 is 96.0. The molecule has 0 fully saturated rings. The molecule has 0 aliphatic rings. The third kappa shape index (κ3) is 3.14. The Hall–Kier alpha value is 0.120. The van der Waals surface area contributed by atoms with Gasteiger partial charge in [0.25, 0.3) is 0 Å². The molecule has 0 radical (unpaired) electrons. The van der Waals surface area contributed by atoms with Crippen molar-refractivity contribution in [1.82, 2.24) is 0 Å². The second-order valence-corrected chi connectivity index (χ2v) is 6.40. The van der Waals surface area contributed by atoms with Gasteiger partial charge in [0, 0.05) is 56.3 Å². The van der Waals surface area contributed by atoms with E-state index in [0.29, 0.717) is 0 Å². The van der Waals surface area contributed by atoms with E-state index in [1.807, 2.05) is 0 Å². The van der Waals surface area contributed by atoms with Crippen LogP contribution in [0.25, 0.3) is 0 Å². The summed E-state index contributed by atoms with van der Waals surface area (Å²) in [4.78, 5) is 0. The summed E-state index contributed by atoms with van der Waals surface area (Å²) in [7, 11) is 0. The van der Waals surface area contributed by atoms with Crippen LogP contribution in [0.2, 0.25) is 0 Å². The third-order valence-electron chi connectivity index (χ3n) is 2.32. The molecule has 0 N–H and O–H groups in total. The minimum absolute atomic E-state index is 0.0711. The van der Waals surface area contributed by atoms with Gasteiger partial charge < -0.3 is 0 Å². The quantitative estimate of drug-likeness (QED) is 0.258. The van der Waals surface area contributed by atoms with Crippen molar-refractivity contribution in [2.45, 2.75) is 19.7 Å². The van der Waals surface area contributed by atoms with Gasteiger partial charge in [-0.3, -0.25) is 0 Å². The Labute approximate surface area is 135 Å². The van der Waals surface area contributed by atoms with Crippen LogP contribution in [-0.2, 0) is 11.8 Å². The molecule has 0 aliphatic heterocycles. The summed E-state index contributed by atoms with van der Waals surface area (Å²) in [5.74, 6) is -10.0. The van der Waals surface area contributed by atoms with Crippen molar-refractivity contribution in [2.75, 3.05) is 0 Å². The van der Waals surface area contributed by atoms with Gasteiger partial charge in [0.15, 0.2) is 0 Å². The third-order valence-corrected chi connectivity index (χ3v) is 3.67. The zero-order valence-electron chi connectivity index (χ0n) is 9.09. The predicted molar refractivity (Wildman–Crippen MR) is 72.2 cm³/mol. The molecular weight excluding hydrogens is 526 g/mol. The van der Waals surface area contributed by atoms with Crippen LogP contribution in [-0.4, -0.2) is 7.86 Å². The first kappa shape index (κ1) is 18.2. The summed E-state index contributed by atoms with van der Waals surface area (Å²) in [6, 6.07) is 2.13. The molecule has 10 heteroatoms. The minimum atomic E-state index is -5.02. The fourth-order valence-corrected chi connectivity index (χ4v) is 1.92. The van der Waals surface area contributed by atoms with E-state index in [2.05, 4.69) is 0 Å². The second kappa shape index (κ2) is 5.39. The first-order chi connectivity index (χ1) is 8.73. The highest BCUT2D eigenvalue weighted by atomic mass is 127. The zero-order valence-corrected chi connectivity index (χ0v) is 13.4. The molecule has 0 heterocycles. The molecule has 1 aromatic rings. The maximum absolute atomic E-state index is 13.5. The largest absolute Gasteiger partial charge is 0.362 e. The van der Waals surface area contributed by atoms with Crippen LogP contribution in [0.1, 0.15) is 11.1 Å². The predicted octanol–water partition coefficient (Wildman–Crippen LogP) is 5.93. The average Bonchev–Trinajstić information content (AvgIpc) is 2.26. The topological polar surface area (TPSA) is 0 Å². The van der Waals surface area contributed by atoms with E-state index in [9.17, 15) is 35.1 Å². The van der Waals surface area contributed by atoms with Crippen molar-refractivity contribution in [3.05, 3.63) is 35.4 Å². The minimum Gasteiger partial charge on any atom is -0.193 e. The highest BCUT2D eigenvalue weighted by Gasteiger charge is 2.62. The molecule has 0 spiro atoms. The molecule has 1 rings (SSSR count). The number of hydrogen-bond donors (Lipinski definition) is 0. The molecule has 114 valence electrons. The molecule has 0 nitrogen and oxygen atoms in total. The maximum Gasteiger partial charge on any atom is 0.362 e. The second-order valence-electron chi connectivity index (χ2n) is 3.69. The van der Waals surface area contributed by atoms with Crippen LogP contribution in [0.3, 0.4) is 0 Å². The molecule has 0 unspecified atom stereocenters. The fraction of sp³-hybridized carbons (Fsp3) is 0.400. The Morgan fingerprint density at radius 2 is 0.850 bits per heavy atom. The van der Waals surface area contributed by atoms with Crippen LogP contribution in [0.4, 0.5) is 35.1 Å². The Bertz CT molecular complexity index is 444. The van der Waals surface area contributed by atoms with E-state index in [4.69, 9.17) is 0 Å². The van der Waals surface area contributed by atoms with Crippen molar-refractivity contribution in [3.8, 4) is 0 Å². The lowest BCUT2D eigenvalue weighted by molar-refractivity contribution is -0.165. The smallest absolute Gasteiger partial charge is 0.193 e. The van der Waals surface area contributed by atoms with E-state index < -0.39 is 30.8 Å². The molecule has 0 amide bonds. The molecular formula is C10H4F8I2.